The van der Waals surface area contributed by atoms with Crippen molar-refractivity contribution in [3.05, 3.63) is 76.7 Å². The molecule has 2 aromatic heterocycles. The largest absolute Gasteiger partial charge is 0.352 e. The van der Waals surface area contributed by atoms with Gasteiger partial charge in [0.25, 0.3) is 5.91 Å². The summed E-state index contributed by atoms with van der Waals surface area (Å²) >= 11 is 3.43. The topological polar surface area (TPSA) is 67.2 Å². The predicted octanol–water partition coefficient (Wildman–Crippen LogP) is 4.74. The van der Waals surface area contributed by atoms with Gasteiger partial charge in [0.1, 0.15) is 11.6 Å². The second kappa shape index (κ2) is 9.54. The first-order valence-electron chi connectivity index (χ1n) is 11.6. The average Bonchev–Trinajstić information content (AvgIpc) is 3.28. The highest BCUT2D eigenvalue weighted by atomic mass is 79.9. The number of nitrogens with zero attached hydrogens (tertiary/aromatic N) is 6. The molecule has 0 bridgehead atoms. The Bertz CT molecular complexity index is 1290. The third-order valence-electron chi connectivity index (χ3n) is 6.00. The fraction of sp³-hybridized carbons (Fsp3) is 0.308. The van der Waals surface area contributed by atoms with Gasteiger partial charge < -0.3 is 9.80 Å². The predicted molar refractivity (Wildman–Crippen MR) is 137 cm³/mol. The van der Waals surface area contributed by atoms with Crippen LogP contribution in [-0.4, -0.2) is 56.7 Å². The molecule has 1 fully saturated rings. The molecule has 2 aromatic carbocycles. The van der Waals surface area contributed by atoms with Crippen molar-refractivity contribution in [2.24, 2.45) is 5.92 Å². The van der Waals surface area contributed by atoms with Crippen LogP contribution in [0.1, 0.15) is 30.0 Å². The van der Waals surface area contributed by atoms with Crippen LogP contribution in [0.3, 0.4) is 0 Å². The molecule has 4 aromatic rings. The number of halogens is 1. The quantitative estimate of drug-likeness (QED) is 0.381. The first-order valence-corrected chi connectivity index (χ1v) is 12.4. The Kier molecular flexibility index (Phi) is 6.32. The molecule has 0 radical (unpaired) electrons. The zero-order chi connectivity index (χ0) is 23.7. The molecule has 1 saturated heterocycles. The molecule has 0 N–H and O–H groups in total. The Labute approximate surface area is 207 Å². The summed E-state index contributed by atoms with van der Waals surface area (Å²) in [4.78, 5) is 27.0. The molecule has 174 valence electrons. The number of para-hydroxylation sites is 1. The summed E-state index contributed by atoms with van der Waals surface area (Å²) in [6.07, 6.45) is 2.65. The van der Waals surface area contributed by atoms with Gasteiger partial charge in [-0.25, -0.2) is 14.6 Å². The molecule has 0 spiro atoms. The minimum atomic E-state index is 0.0670. The van der Waals surface area contributed by atoms with Crippen molar-refractivity contribution in [2.45, 2.75) is 20.3 Å². The summed E-state index contributed by atoms with van der Waals surface area (Å²) in [5.41, 5.74) is 2.51. The maximum Gasteiger partial charge on any atom is 0.253 e. The third kappa shape index (κ3) is 4.55. The number of aromatic nitrogens is 4. The lowest BCUT2D eigenvalue weighted by atomic mass is 10.1. The fourth-order valence-corrected chi connectivity index (χ4v) is 4.55. The number of carbonyl (C=O) groups excluding carboxylic acids is 1. The van der Waals surface area contributed by atoms with Crippen LogP contribution in [0.2, 0.25) is 0 Å². The van der Waals surface area contributed by atoms with Gasteiger partial charge in [0.05, 0.1) is 17.3 Å². The van der Waals surface area contributed by atoms with Gasteiger partial charge >= 0.3 is 0 Å². The SMILES string of the molecule is CC(C)Cc1nc(N2CCN(C(=O)c3ccc(Br)cc3)CC2)c2cnn(-c3ccccc3)c2n1. The van der Waals surface area contributed by atoms with E-state index in [1.54, 1.807) is 0 Å². The first kappa shape index (κ1) is 22.5. The van der Waals surface area contributed by atoms with E-state index in [1.165, 1.54) is 0 Å². The molecular weight excluding hydrogens is 492 g/mol. The Morgan fingerprint density at radius 3 is 2.35 bits per heavy atom. The fourth-order valence-electron chi connectivity index (χ4n) is 4.29. The van der Waals surface area contributed by atoms with E-state index in [9.17, 15) is 4.79 Å². The van der Waals surface area contributed by atoms with E-state index in [4.69, 9.17) is 9.97 Å². The molecule has 0 atom stereocenters. The van der Waals surface area contributed by atoms with Crippen molar-refractivity contribution in [3.63, 3.8) is 0 Å². The van der Waals surface area contributed by atoms with Gasteiger partial charge in [-0.05, 0) is 42.3 Å². The van der Waals surface area contributed by atoms with Crippen molar-refractivity contribution < 1.29 is 4.79 Å². The van der Waals surface area contributed by atoms with E-state index < -0.39 is 0 Å². The number of anilines is 1. The zero-order valence-electron chi connectivity index (χ0n) is 19.4. The minimum Gasteiger partial charge on any atom is -0.352 e. The van der Waals surface area contributed by atoms with Crippen LogP contribution in [0, 0.1) is 5.92 Å². The molecule has 1 aliphatic heterocycles. The third-order valence-corrected chi connectivity index (χ3v) is 6.53. The molecule has 3 heterocycles. The lowest BCUT2D eigenvalue weighted by Crippen LogP contribution is -2.49. The maximum atomic E-state index is 13.0. The highest BCUT2D eigenvalue weighted by Crippen LogP contribution is 2.27. The number of piperazine rings is 1. The van der Waals surface area contributed by atoms with E-state index in [-0.39, 0.29) is 5.91 Å². The summed E-state index contributed by atoms with van der Waals surface area (Å²) in [7, 11) is 0. The summed E-state index contributed by atoms with van der Waals surface area (Å²) in [5, 5.41) is 5.58. The number of hydrogen-bond acceptors (Lipinski definition) is 5. The number of hydrogen-bond donors (Lipinski definition) is 0. The van der Waals surface area contributed by atoms with Crippen LogP contribution < -0.4 is 4.90 Å². The van der Waals surface area contributed by atoms with Gasteiger partial charge in [-0.2, -0.15) is 5.10 Å². The molecule has 5 rings (SSSR count). The van der Waals surface area contributed by atoms with Crippen molar-refractivity contribution in [1.29, 1.82) is 0 Å². The number of rotatable bonds is 5. The number of carbonyl (C=O) groups is 1. The van der Waals surface area contributed by atoms with E-state index >= 15 is 0 Å². The smallest absolute Gasteiger partial charge is 0.253 e. The molecular formula is C26H27BrN6O. The Balaban J connectivity index is 1.43. The molecule has 0 saturated carbocycles. The van der Waals surface area contributed by atoms with Crippen LogP contribution in [-0.2, 0) is 6.42 Å². The van der Waals surface area contributed by atoms with Gasteiger partial charge in [0.2, 0.25) is 0 Å². The Morgan fingerprint density at radius 2 is 1.68 bits per heavy atom. The lowest BCUT2D eigenvalue weighted by molar-refractivity contribution is 0.0746. The standard InChI is InChI=1S/C26H27BrN6O/c1-18(2)16-23-29-24(22-17-28-33(25(22)30-23)21-6-4-3-5-7-21)31-12-14-32(15-13-31)26(34)19-8-10-20(27)11-9-19/h3-11,17-18H,12-16H2,1-2H3. The first-order chi connectivity index (χ1) is 16.5. The molecule has 1 amide bonds. The van der Waals surface area contributed by atoms with E-state index in [0.29, 0.717) is 37.7 Å². The molecule has 7 nitrogen and oxygen atoms in total. The van der Waals surface area contributed by atoms with Crippen molar-refractivity contribution >= 4 is 38.7 Å². The summed E-state index contributed by atoms with van der Waals surface area (Å²) in [6, 6.07) is 17.6. The van der Waals surface area contributed by atoms with Gasteiger partial charge in [-0.15, -0.1) is 0 Å². The van der Waals surface area contributed by atoms with E-state index in [2.05, 4.69) is 39.8 Å². The summed E-state index contributed by atoms with van der Waals surface area (Å²) in [6.45, 7) is 7.07. The van der Waals surface area contributed by atoms with Crippen LogP contribution in [0.5, 0.6) is 0 Å². The minimum absolute atomic E-state index is 0.0670. The van der Waals surface area contributed by atoms with Gasteiger partial charge in [-0.3, -0.25) is 4.79 Å². The van der Waals surface area contributed by atoms with Crippen LogP contribution in [0.4, 0.5) is 5.82 Å². The Morgan fingerprint density at radius 1 is 0.971 bits per heavy atom. The Hall–Kier alpha value is -3.26. The molecule has 1 aliphatic rings. The van der Waals surface area contributed by atoms with E-state index in [1.807, 2.05) is 70.4 Å². The lowest BCUT2D eigenvalue weighted by Gasteiger charge is -2.35. The second-order valence-electron chi connectivity index (χ2n) is 8.98. The second-order valence-corrected chi connectivity index (χ2v) is 9.89. The average molecular weight is 519 g/mol. The van der Waals surface area contributed by atoms with Crippen molar-refractivity contribution in [2.75, 3.05) is 31.1 Å². The molecule has 34 heavy (non-hydrogen) atoms. The van der Waals surface area contributed by atoms with Crippen molar-refractivity contribution in [3.8, 4) is 5.69 Å². The number of amides is 1. The van der Waals surface area contributed by atoms with Gasteiger partial charge in [0.15, 0.2) is 5.65 Å². The van der Waals surface area contributed by atoms with Gasteiger partial charge in [0, 0.05) is 42.6 Å². The highest BCUT2D eigenvalue weighted by molar-refractivity contribution is 9.10. The van der Waals surface area contributed by atoms with E-state index in [0.717, 1.165) is 39.3 Å². The monoisotopic (exact) mass is 518 g/mol. The van der Waals surface area contributed by atoms with Crippen LogP contribution in [0.25, 0.3) is 16.7 Å². The summed E-state index contributed by atoms with van der Waals surface area (Å²) in [5.74, 6) is 2.23. The normalized spacial score (nSPS) is 14.2. The number of fused-ring (bicyclic) bond motifs is 1. The van der Waals surface area contributed by atoms with Crippen LogP contribution in [0.15, 0.2) is 65.3 Å². The zero-order valence-corrected chi connectivity index (χ0v) is 20.9. The molecule has 8 heteroatoms. The van der Waals surface area contributed by atoms with Crippen LogP contribution >= 0.6 is 15.9 Å². The highest BCUT2D eigenvalue weighted by Gasteiger charge is 2.26. The number of benzene rings is 2. The van der Waals surface area contributed by atoms with Gasteiger partial charge in [-0.1, -0.05) is 48.0 Å². The maximum absolute atomic E-state index is 13.0. The summed E-state index contributed by atoms with van der Waals surface area (Å²) < 4.78 is 2.85. The van der Waals surface area contributed by atoms with Crippen molar-refractivity contribution in [1.82, 2.24) is 24.6 Å². The molecule has 0 unspecified atom stereocenters. The molecule has 0 aliphatic carbocycles.